The van der Waals surface area contributed by atoms with Gasteiger partial charge in [0.2, 0.25) is 0 Å². The number of hydrogen-bond acceptors (Lipinski definition) is 4. The number of nitrogens with one attached hydrogen (secondary N) is 1. The third-order valence-electron chi connectivity index (χ3n) is 5.39. The molecule has 5 heteroatoms. The minimum absolute atomic E-state index is 0.0000509. The molecule has 140 valence electrons. The van der Waals surface area contributed by atoms with Crippen molar-refractivity contribution in [1.29, 1.82) is 0 Å². The molecule has 2 aromatic carbocycles. The Hall–Kier alpha value is -2.66. The fourth-order valence-corrected chi connectivity index (χ4v) is 4.02. The molecule has 2 fully saturated rings. The maximum atomic E-state index is 12.5. The number of carbonyl (C=O) groups excluding carboxylic acids is 2. The standard InChI is InChI=1S/C22H24N2O3/c1-15(25)18-3-2-4-21(12-18)27-20-7-5-17(6-8-20)22(26)23-19-11-16-9-10-24(13-16)14-19/h2-8,12,16,19H,9-11,13-14H2,1H3,(H,23,26). The van der Waals surface area contributed by atoms with E-state index in [-0.39, 0.29) is 17.7 Å². The number of hydrogen-bond donors (Lipinski definition) is 1. The van der Waals surface area contributed by atoms with Gasteiger partial charge in [-0.1, -0.05) is 12.1 Å². The lowest BCUT2D eigenvalue weighted by molar-refractivity contribution is 0.0908. The third kappa shape index (κ3) is 4.19. The molecule has 1 N–H and O–H groups in total. The lowest BCUT2D eigenvalue weighted by Crippen LogP contribution is -2.46. The van der Waals surface area contributed by atoms with Gasteiger partial charge in [-0.15, -0.1) is 0 Å². The number of nitrogens with zero attached hydrogens (tertiary/aromatic N) is 1. The van der Waals surface area contributed by atoms with Crippen LogP contribution in [0.15, 0.2) is 48.5 Å². The molecule has 3 unspecified atom stereocenters. The maximum absolute atomic E-state index is 12.5. The molecule has 4 rings (SSSR count). The Kier molecular flexibility index (Phi) is 4.94. The highest BCUT2D eigenvalue weighted by atomic mass is 16.5. The van der Waals surface area contributed by atoms with Crippen molar-refractivity contribution < 1.29 is 14.3 Å². The van der Waals surface area contributed by atoms with Crippen LogP contribution in [0.1, 0.15) is 40.5 Å². The Morgan fingerprint density at radius 3 is 2.59 bits per heavy atom. The quantitative estimate of drug-likeness (QED) is 0.825. The summed E-state index contributed by atoms with van der Waals surface area (Å²) in [5.74, 6) is 1.93. The number of rotatable bonds is 5. The maximum Gasteiger partial charge on any atom is 0.251 e. The van der Waals surface area contributed by atoms with E-state index in [1.807, 2.05) is 0 Å². The van der Waals surface area contributed by atoms with Crippen LogP contribution in [0.25, 0.3) is 0 Å². The highest BCUT2D eigenvalue weighted by Crippen LogP contribution is 2.27. The molecule has 2 heterocycles. The molecule has 2 bridgehead atoms. The zero-order chi connectivity index (χ0) is 18.8. The molecule has 2 aliphatic heterocycles. The van der Waals surface area contributed by atoms with Gasteiger partial charge in [-0.25, -0.2) is 0 Å². The second-order valence-corrected chi connectivity index (χ2v) is 7.53. The predicted molar refractivity (Wildman–Crippen MR) is 103 cm³/mol. The Balaban J connectivity index is 1.37. The van der Waals surface area contributed by atoms with Gasteiger partial charge in [-0.2, -0.15) is 0 Å². The van der Waals surface area contributed by atoms with Gasteiger partial charge in [0.15, 0.2) is 5.78 Å². The van der Waals surface area contributed by atoms with Crippen LogP contribution >= 0.6 is 0 Å². The number of benzene rings is 2. The molecule has 0 saturated carbocycles. The van der Waals surface area contributed by atoms with Crippen molar-refractivity contribution in [2.75, 3.05) is 19.6 Å². The monoisotopic (exact) mass is 364 g/mol. The van der Waals surface area contributed by atoms with E-state index in [2.05, 4.69) is 10.2 Å². The number of ketones is 1. The predicted octanol–water partition coefficient (Wildman–Crippen LogP) is 3.51. The third-order valence-corrected chi connectivity index (χ3v) is 5.39. The van der Waals surface area contributed by atoms with Crippen molar-refractivity contribution in [3.05, 3.63) is 59.7 Å². The molecule has 2 aromatic rings. The largest absolute Gasteiger partial charge is 0.457 e. The van der Waals surface area contributed by atoms with E-state index in [1.165, 1.54) is 19.9 Å². The van der Waals surface area contributed by atoms with Crippen LogP contribution in [-0.2, 0) is 0 Å². The summed E-state index contributed by atoms with van der Waals surface area (Å²) < 4.78 is 5.80. The molecular weight excluding hydrogens is 340 g/mol. The average molecular weight is 364 g/mol. The van der Waals surface area contributed by atoms with Crippen LogP contribution in [0.3, 0.4) is 0 Å². The lowest BCUT2D eigenvalue weighted by atomic mass is 9.96. The zero-order valence-electron chi connectivity index (χ0n) is 15.5. The minimum atomic E-state index is -0.0346. The van der Waals surface area contributed by atoms with Crippen molar-refractivity contribution in [2.24, 2.45) is 5.92 Å². The first-order chi connectivity index (χ1) is 13.1. The van der Waals surface area contributed by atoms with Crippen molar-refractivity contribution in [3.8, 4) is 11.5 Å². The molecular formula is C22H24N2O3. The summed E-state index contributed by atoms with van der Waals surface area (Å²) in [5.41, 5.74) is 1.24. The zero-order valence-corrected chi connectivity index (χ0v) is 15.5. The van der Waals surface area contributed by atoms with E-state index in [4.69, 9.17) is 4.74 Å². The second kappa shape index (κ2) is 7.53. The van der Waals surface area contributed by atoms with Gasteiger partial charge in [0, 0.05) is 30.3 Å². The molecule has 1 amide bonds. The Morgan fingerprint density at radius 1 is 1.04 bits per heavy atom. The van der Waals surface area contributed by atoms with Crippen molar-refractivity contribution in [2.45, 2.75) is 25.8 Å². The summed E-state index contributed by atoms with van der Waals surface area (Å²) in [6.45, 7) is 4.83. The normalized spacial score (nSPS) is 23.7. The van der Waals surface area contributed by atoms with Gasteiger partial charge >= 0.3 is 0 Å². The van der Waals surface area contributed by atoms with Crippen molar-refractivity contribution in [1.82, 2.24) is 10.2 Å². The Bertz CT molecular complexity index is 835. The molecule has 2 saturated heterocycles. The van der Waals surface area contributed by atoms with Gasteiger partial charge in [-0.3, -0.25) is 9.59 Å². The molecule has 0 aromatic heterocycles. The van der Waals surface area contributed by atoms with Crippen LogP contribution in [0.4, 0.5) is 0 Å². The molecule has 0 spiro atoms. The van der Waals surface area contributed by atoms with Crippen LogP contribution in [0.5, 0.6) is 11.5 Å². The van der Waals surface area contributed by atoms with E-state index in [1.54, 1.807) is 48.5 Å². The second-order valence-electron chi connectivity index (χ2n) is 7.53. The smallest absolute Gasteiger partial charge is 0.251 e. The van der Waals surface area contributed by atoms with Gasteiger partial charge in [0.1, 0.15) is 11.5 Å². The fourth-order valence-electron chi connectivity index (χ4n) is 4.02. The fraction of sp³-hybridized carbons (Fsp3) is 0.364. The number of fused-ring (bicyclic) bond motifs is 2. The van der Waals surface area contributed by atoms with Gasteiger partial charge < -0.3 is 15.0 Å². The van der Waals surface area contributed by atoms with Crippen LogP contribution in [-0.4, -0.2) is 42.3 Å². The summed E-state index contributed by atoms with van der Waals surface area (Å²) in [7, 11) is 0. The van der Waals surface area contributed by atoms with Crippen LogP contribution < -0.4 is 10.1 Å². The van der Waals surface area contributed by atoms with E-state index >= 15 is 0 Å². The first kappa shape index (κ1) is 17.7. The summed E-state index contributed by atoms with van der Waals surface area (Å²) in [4.78, 5) is 26.4. The van der Waals surface area contributed by atoms with E-state index in [0.717, 1.165) is 25.4 Å². The number of piperidine rings is 1. The molecule has 0 aliphatic carbocycles. The van der Waals surface area contributed by atoms with Crippen molar-refractivity contribution in [3.63, 3.8) is 0 Å². The number of amides is 1. The minimum Gasteiger partial charge on any atom is -0.457 e. The SMILES string of the molecule is CC(=O)c1cccc(Oc2ccc(C(=O)NC3CC4CCN(C4)C3)cc2)c1. The van der Waals surface area contributed by atoms with Crippen molar-refractivity contribution >= 4 is 11.7 Å². The van der Waals surface area contributed by atoms with Gasteiger partial charge in [-0.05, 0) is 68.6 Å². The van der Waals surface area contributed by atoms with Crippen LogP contribution in [0, 0.1) is 5.92 Å². The first-order valence-electron chi connectivity index (χ1n) is 9.49. The summed E-state index contributed by atoms with van der Waals surface area (Å²) in [6, 6.07) is 14.4. The van der Waals surface area contributed by atoms with Crippen LogP contribution in [0.2, 0.25) is 0 Å². The molecule has 27 heavy (non-hydrogen) atoms. The van der Waals surface area contributed by atoms with Gasteiger partial charge in [0.05, 0.1) is 0 Å². The Morgan fingerprint density at radius 2 is 1.85 bits per heavy atom. The molecule has 2 aliphatic rings. The molecule has 0 radical (unpaired) electrons. The molecule has 3 atom stereocenters. The lowest BCUT2D eigenvalue weighted by Gasteiger charge is -2.30. The highest BCUT2D eigenvalue weighted by Gasteiger charge is 2.32. The average Bonchev–Trinajstić information content (AvgIpc) is 3.01. The topological polar surface area (TPSA) is 58.6 Å². The Labute approximate surface area is 159 Å². The summed E-state index contributed by atoms with van der Waals surface area (Å²) in [5, 5.41) is 3.17. The summed E-state index contributed by atoms with van der Waals surface area (Å²) >= 11 is 0. The van der Waals surface area contributed by atoms with Gasteiger partial charge in [0.25, 0.3) is 5.91 Å². The van der Waals surface area contributed by atoms with E-state index in [9.17, 15) is 9.59 Å². The van der Waals surface area contributed by atoms with E-state index in [0.29, 0.717) is 22.6 Å². The number of ether oxygens (including phenoxy) is 1. The number of Topliss-reactive ketones (excluding diaryl/α,β-unsaturated/α-hetero) is 1. The first-order valence-corrected chi connectivity index (χ1v) is 9.49. The molecule has 5 nitrogen and oxygen atoms in total. The summed E-state index contributed by atoms with van der Waals surface area (Å²) in [6.07, 6.45) is 2.33. The van der Waals surface area contributed by atoms with E-state index < -0.39 is 0 Å². The number of carbonyl (C=O) groups is 2. The highest BCUT2D eigenvalue weighted by molar-refractivity contribution is 5.95.